The van der Waals surface area contributed by atoms with E-state index in [9.17, 15) is 0 Å². The van der Waals surface area contributed by atoms with Crippen LogP contribution in [0.2, 0.25) is 0 Å². The molecule has 1 aromatic carbocycles. The fraction of sp³-hybridized carbons (Fsp3) is 0.571. The molecule has 0 saturated carbocycles. The van der Waals surface area contributed by atoms with E-state index in [1.54, 1.807) is 0 Å². The minimum absolute atomic E-state index is 0. The second-order valence-corrected chi connectivity index (χ2v) is 4.72. The number of hydrogen-bond acceptors (Lipinski definition) is 2. The normalized spacial score (nSPS) is 14.5. The van der Waals surface area contributed by atoms with Crippen LogP contribution in [-0.2, 0) is 4.74 Å². The van der Waals surface area contributed by atoms with E-state index in [1.807, 2.05) is 6.07 Å². The highest BCUT2D eigenvalue weighted by molar-refractivity contribution is 5.75. The molecule has 0 heterocycles. The van der Waals surface area contributed by atoms with Gasteiger partial charge in [0.15, 0.2) is 0 Å². The molecule has 0 aliphatic carbocycles. The summed E-state index contributed by atoms with van der Waals surface area (Å²) in [7, 11) is 4.18. The molecule has 1 aromatic rings. The first kappa shape index (κ1) is 16.2. The molecule has 93 valence electrons. The highest BCUT2D eigenvalue weighted by Crippen LogP contribution is 2.25. The van der Waals surface area contributed by atoms with Crippen molar-refractivity contribution in [3.63, 3.8) is 0 Å². The summed E-state index contributed by atoms with van der Waals surface area (Å²) in [6.45, 7) is 6.36. The van der Waals surface area contributed by atoms with Gasteiger partial charge in [0, 0.05) is 14.5 Å². The van der Waals surface area contributed by atoms with Gasteiger partial charge in [-0.1, -0.05) is 30.3 Å². The fourth-order valence-electron chi connectivity index (χ4n) is 1.68. The minimum atomic E-state index is 0. The largest absolute Gasteiger partial charge is 0.369 e. The Kier molecular flexibility index (Phi) is 7.16. The molecule has 1 rings (SSSR count). The van der Waals surface area contributed by atoms with Crippen LogP contribution < -0.4 is 0 Å². The molecule has 2 atom stereocenters. The summed E-state index contributed by atoms with van der Waals surface area (Å²) < 4.78 is 6.02. The zero-order valence-electron chi connectivity index (χ0n) is 11.6. The predicted molar refractivity (Wildman–Crippen MR) is 74.3 cm³/mol. The summed E-state index contributed by atoms with van der Waals surface area (Å²) in [6, 6.07) is 10.8. The third kappa shape index (κ3) is 4.92. The van der Waals surface area contributed by atoms with Crippen LogP contribution >= 0.6 is 0 Å². The van der Waals surface area contributed by atoms with Gasteiger partial charge in [0.05, 0.1) is 12.2 Å². The predicted octanol–water partition coefficient (Wildman–Crippen LogP) is 2.72. The molecule has 0 spiro atoms. The van der Waals surface area contributed by atoms with Crippen molar-refractivity contribution in [2.24, 2.45) is 0 Å². The van der Waals surface area contributed by atoms with Crippen molar-refractivity contribution in [2.45, 2.75) is 39.0 Å². The molecule has 0 aromatic heterocycles. The van der Waals surface area contributed by atoms with Crippen LogP contribution in [0, 0.1) is 0 Å². The molecular formula is C14H23BNO. The lowest BCUT2D eigenvalue weighted by atomic mass is 10.0. The Morgan fingerprint density at radius 1 is 1.00 bits per heavy atom. The minimum Gasteiger partial charge on any atom is -0.369 e. The first-order chi connectivity index (χ1) is 7.52. The van der Waals surface area contributed by atoms with E-state index in [1.165, 1.54) is 5.56 Å². The van der Waals surface area contributed by atoms with Crippen LogP contribution in [0.15, 0.2) is 30.3 Å². The summed E-state index contributed by atoms with van der Waals surface area (Å²) in [5, 5.41) is 0. The van der Waals surface area contributed by atoms with E-state index in [2.05, 4.69) is 64.0 Å². The van der Waals surface area contributed by atoms with Crippen molar-refractivity contribution in [1.29, 1.82) is 0 Å². The molecule has 0 aliphatic heterocycles. The zero-order valence-corrected chi connectivity index (χ0v) is 11.6. The smallest absolute Gasteiger partial charge is 0.0980 e. The standard InChI is InChI=1S/C14H23NO.B/c1-11(2)16-14(12(3)15(4)5)13-9-7-6-8-10-13;/h6-12,14H,1-5H3;/t12-,14+;/m1./s1. The van der Waals surface area contributed by atoms with Crippen molar-refractivity contribution < 1.29 is 4.74 Å². The van der Waals surface area contributed by atoms with Crippen molar-refractivity contribution in [2.75, 3.05) is 14.1 Å². The van der Waals surface area contributed by atoms with Gasteiger partial charge >= 0.3 is 0 Å². The SMILES string of the molecule is CC(C)O[C@H](c1ccccc1)[C@@H](C)N(C)C.[B]. The molecule has 0 unspecified atom stereocenters. The number of rotatable bonds is 5. The van der Waals surface area contributed by atoms with Crippen molar-refractivity contribution >= 4 is 8.41 Å². The van der Waals surface area contributed by atoms with Gasteiger partial charge < -0.3 is 9.64 Å². The first-order valence-corrected chi connectivity index (χ1v) is 5.89. The van der Waals surface area contributed by atoms with Crippen LogP contribution in [0.5, 0.6) is 0 Å². The number of benzene rings is 1. The Morgan fingerprint density at radius 2 is 1.53 bits per heavy atom. The van der Waals surface area contributed by atoms with Gasteiger partial charge in [-0.15, -0.1) is 0 Å². The molecule has 0 fully saturated rings. The summed E-state index contributed by atoms with van der Waals surface area (Å²) in [5.41, 5.74) is 1.25. The highest BCUT2D eigenvalue weighted by Gasteiger charge is 2.22. The summed E-state index contributed by atoms with van der Waals surface area (Å²) in [6.07, 6.45) is 0.379. The van der Waals surface area contributed by atoms with Crippen molar-refractivity contribution in [3.05, 3.63) is 35.9 Å². The first-order valence-electron chi connectivity index (χ1n) is 5.89. The second kappa shape index (κ2) is 7.52. The molecule has 0 N–H and O–H groups in total. The van der Waals surface area contributed by atoms with Crippen LogP contribution in [0.4, 0.5) is 0 Å². The van der Waals surface area contributed by atoms with Crippen molar-refractivity contribution in [3.8, 4) is 0 Å². The Balaban J connectivity index is 0.00000256. The molecule has 0 aliphatic rings. The van der Waals surface area contributed by atoms with Crippen LogP contribution in [0.25, 0.3) is 0 Å². The maximum atomic E-state index is 6.02. The summed E-state index contributed by atoms with van der Waals surface area (Å²) >= 11 is 0. The second-order valence-electron chi connectivity index (χ2n) is 4.72. The molecule has 0 amide bonds. The van der Waals surface area contributed by atoms with E-state index in [0.717, 1.165) is 0 Å². The van der Waals surface area contributed by atoms with Gasteiger partial charge in [0.25, 0.3) is 0 Å². The zero-order chi connectivity index (χ0) is 12.1. The number of nitrogens with zero attached hydrogens (tertiary/aromatic N) is 1. The molecule has 3 radical (unpaired) electrons. The third-order valence-electron chi connectivity index (χ3n) is 2.80. The lowest BCUT2D eigenvalue weighted by Gasteiger charge is -2.31. The number of likely N-dealkylation sites (N-methyl/N-ethyl adjacent to an activating group) is 1. The number of ether oxygens (including phenoxy) is 1. The Labute approximate surface area is 108 Å². The lowest BCUT2D eigenvalue weighted by molar-refractivity contribution is -0.0329. The molecule has 3 heteroatoms. The highest BCUT2D eigenvalue weighted by atomic mass is 16.5. The summed E-state index contributed by atoms with van der Waals surface area (Å²) in [4.78, 5) is 2.19. The van der Waals surface area contributed by atoms with E-state index in [0.29, 0.717) is 6.04 Å². The van der Waals surface area contributed by atoms with E-state index in [4.69, 9.17) is 4.74 Å². The van der Waals surface area contributed by atoms with Crippen LogP contribution in [-0.4, -0.2) is 39.6 Å². The van der Waals surface area contributed by atoms with Crippen molar-refractivity contribution in [1.82, 2.24) is 4.90 Å². The average molecular weight is 232 g/mol. The van der Waals surface area contributed by atoms with Gasteiger partial charge in [0.1, 0.15) is 0 Å². The number of hydrogen-bond donors (Lipinski definition) is 0. The topological polar surface area (TPSA) is 12.5 Å². The third-order valence-corrected chi connectivity index (χ3v) is 2.80. The maximum absolute atomic E-state index is 6.02. The van der Waals surface area contributed by atoms with E-state index >= 15 is 0 Å². The van der Waals surface area contributed by atoms with Gasteiger partial charge in [-0.25, -0.2) is 0 Å². The molecular weight excluding hydrogens is 209 g/mol. The average Bonchev–Trinajstić information content (AvgIpc) is 2.26. The Bertz CT molecular complexity index is 300. The summed E-state index contributed by atoms with van der Waals surface area (Å²) in [5.74, 6) is 0. The van der Waals surface area contributed by atoms with Gasteiger partial charge in [0.2, 0.25) is 0 Å². The monoisotopic (exact) mass is 232 g/mol. The van der Waals surface area contributed by atoms with Gasteiger partial charge in [-0.3, -0.25) is 0 Å². The Morgan fingerprint density at radius 3 is 1.94 bits per heavy atom. The van der Waals surface area contributed by atoms with E-state index < -0.39 is 0 Å². The van der Waals surface area contributed by atoms with E-state index in [-0.39, 0.29) is 20.6 Å². The molecule has 0 bridgehead atoms. The quantitative estimate of drug-likeness (QED) is 0.724. The lowest BCUT2D eigenvalue weighted by Crippen LogP contribution is -2.33. The van der Waals surface area contributed by atoms with Crippen LogP contribution in [0.3, 0.4) is 0 Å². The molecule has 2 nitrogen and oxygen atoms in total. The molecule has 17 heavy (non-hydrogen) atoms. The van der Waals surface area contributed by atoms with Gasteiger partial charge in [-0.2, -0.15) is 0 Å². The fourth-order valence-corrected chi connectivity index (χ4v) is 1.68. The Hall–Kier alpha value is -0.795. The van der Waals surface area contributed by atoms with Crippen LogP contribution in [0.1, 0.15) is 32.4 Å². The maximum Gasteiger partial charge on any atom is 0.0980 e. The molecule has 0 saturated heterocycles. The van der Waals surface area contributed by atoms with Gasteiger partial charge in [-0.05, 0) is 40.4 Å².